The number of fused-ring (bicyclic) bond motifs is 1. The van der Waals surface area contributed by atoms with Crippen LogP contribution in [-0.4, -0.2) is 15.3 Å². The number of nitrogens with one attached hydrogen (secondary N) is 1. The van der Waals surface area contributed by atoms with Gasteiger partial charge in [0.15, 0.2) is 0 Å². The van der Waals surface area contributed by atoms with Crippen molar-refractivity contribution < 1.29 is 5.21 Å². The first-order valence-electron chi connectivity index (χ1n) is 8.20. The Bertz CT molecular complexity index is 748. The normalized spacial score (nSPS) is 13.1. The van der Waals surface area contributed by atoms with Gasteiger partial charge in [0.25, 0.3) is 0 Å². The fourth-order valence-corrected chi connectivity index (χ4v) is 3.11. The monoisotopic (exact) mass is 308 g/mol. The molecule has 3 nitrogen and oxygen atoms in total. The molecule has 2 aromatic carbocycles. The van der Waals surface area contributed by atoms with Gasteiger partial charge in [-0.05, 0) is 29.5 Å². The molecule has 2 N–H and O–H groups in total. The maximum atomic E-state index is 10.8. The number of nitrogens with zero attached hydrogens (tertiary/aromatic N) is 1. The number of hydrogen-bond donors (Lipinski definition) is 2. The van der Waals surface area contributed by atoms with E-state index in [0.29, 0.717) is 12.5 Å². The summed E-state index contributed by atoms with van der Waals surface area (Å²) < 4.78 is 0. The van der Waals surface area contributed by atoms with Crippen LogP contribution in [0.3, 0.4) is 0 Å². The molecule has 0 spiro atoms. The van der Waals surface area contributed by atoms with Gasteiger partial charge in [0.05, 0.1) is 6.04 Å². The summed E-state index contributed by atoms with van der Waals surface area (Å²) in [7, 11) is 0. The molecule has 3 heteroatoms. The van der Waals surface area contributed by atoms with Crippen molar-refractivity contribution in [2.45, 2.75) is 32.9 Å². The Kier molecular flexibility index (Phi) is 4.79. The molecule has 120 valence electrons. The van der Waals surface area contributed by atoms with E-state index in [1.807, 2.05) is 48.7 Å². The number of hydrogen-bond acceptors (Lipinski definition) is 2. The molecule has 3 aromatic rings. The number of benzene rings is 2. The van der Waals surface area contributed by atoms with Crippen molar-refractivity contribution in [1.29, 1.82) is 0 Å². The molecular weight excluding hydrogens is 284 g/mol. The molecule has 1 heterocycles. The summed E-state index contributed by atoms with van der Waals surface area (Å²) in [4.78, 5) is 3.32. The number of H-pyrrole nitrogens is 1. The van der Waals surface area contributed by atoms with Gasteiger partial charge >= 0.3 is 0 Å². The van der Waals surface area contributed by atoms with E-state index >= 15 is 0 Å². The largest absolute Gasteiger partial charge is 0.361 e. The van der Waals surface area contributed by atoms with E-state index in [-0.39, 0.29) is 6.04 Å². The summed E-state index contributed by atoms with van der Waals surface area (Å²) in [6.07, 6.45) is 2.94. The summed E-state index contributed by atoms with van der Waals surface area (Å²) in [6.45, 7) is 4.91. The summed E-state index contributed by atoms with van der Waals surface area (Å²) in [6, 6.07) is 18.3. The van der Waals surface area contributed by atoms with Gasteiger partial charge in [-0.2, -0.15) is 5.06 Å². The van der Waals surface area contributed by atoms with Crippen molar-refractivity contribution in [2.75, 3.05) is 0 Å². The van der Waals surface area contributed by atoms with Crippen LogP contribution in [0.1, 0.15) is 37.4 Å². The molecule has 1 atom stereocenters. The van der Waals surface area contributed by atoms with Crippen molar-refractivity contribution in [1.82, 2.24) is 10.0 Å². The Hall–Kier alpha value is -2.10. The van der Waals surface area contributed by atoms with Crippen LogP contribution < -0.4 is 0 Å². The molecular formula is C20H24N2O. The van der Waals surface area contributed by atoms with Crippen LogP contribution in [0, 0.1) is 5.92 Å². The molecule has 0 aliphatic carbocycles. The number of rotatable bonds is 6. The Morgan fingerprint density at radius 2 is 1.70 bits per heavy atom. The van der Waals surface area contributed by atoms with E-state index in [1.165, 1.54) is 10.4 Å². The maximum absolute atomic E-state index is 10.8. The Labute approximate surface area is 137 Å². The number of hydroxylamine groups is 2. The molecule has 0 saturated carbocycles. The van der Waals surface area contributed by atoms with Gasteiger partial charge in [0, 0.05) is 23.6 Å². The van der Waals surface area contributed by atoms with E-state index in [1.54, 1.807) is 0 Å². The van der Waals surface area contributed by atoms with Crippen LogP contribution in [-0.2, 0) is 6.54 Å². The van der Waals surface area contributed by atoms with Gasteiger partial charge in [-0.1, -0.05) is 62.4 Å². The fraction of sp³-hybridized carbons (Fsp3) is 0.300. The van der Waals surface area contributed by atoms with Gasteiger partial charge in [-0.25, -0.2) is 0 Å². The fourth-order valence-electron chi connectivity index (χ4n) is 3.11. The molecule has 0 amide bonds. The number of aromatic amines is 1. The van der Waals surface area contributed by atoms with Crippen molar-refractivity contribution in [3.8, 4) is 0 Å². The molecule has 0 aliphatic rings. The zero-order valence-corrected chi connectivity index (χ0v) is 13.7. The molecule has 1 unspecified atom stereocenters. The van der Waals surface area contributed by atoms with Crippen molar-refractivity contribution in [3.05, 3.63) is 71.9 Å². The zero-order valence-electron chi connectivity index (χ0n) is 13.7. The second kappa shape index (κ2) is 6.99. The van der Waals surface area contributed by atoms with Gasteiger partial charge in [0.1, 0.15) is 0 Å². The lowest BCUT2D eigenvalue weighted by atomic mass is 9.96. The first-order chi connectivity index (χ1) is 11.1. The van der Waals surface area contributed by atoms with Crippen LogP contribution in [0.25, 0.3) is 10.9 Å². The lowest BCUT2D eigenvalue weighted by Gasteiger charge is -2.27. The van der Waals surface area contributed by atoms with Gasteiger partial charge in [-0.15, -0.1) is 0 Å². The summed E-state index contributed by atoms with van der Waals surface area (Å²) in [5.41, 5.74) is 3.39. The topological polar surface area (TPSA) is 39.3 Å². The summed E-state index contributed by atoms with van der Waals surface area (Å²) in [5, 5.41) is 13.4. The molecule has 0 bridgehead atoms. The minimum Gasteiger partial charge on any atom is -0.361 e. The lowest BCUT2D eigenvalue weighted by molar-refractivity contribution is -0.141. The third-order valence-corrected chi connectivity index (χ3v) is 4.22. The quantitative estimate of drug-likeness (QED) is 0.618. The van der Waals surface area contributed by atoms with E-state index in [0.717, 1.165) is 23.1 Å². The molecule has 0 saturated heterocycles. The van der Waals surface area contributed by atoms with Crippen LogP contribution in [0.15, 0.2) is 60.8 Å². The Morgan fingerprint density at radius 1 is 1.00 bits per heavy atom. The number of aromatic nitrogens is 1. The van der Waals surface area contributed by atoms with Crippen molar-refractivity contribution in [3.63, 3.8) is 0 Å². The average Bonchev–Trinajstić information content (AvgIpc) is 2.97. The minimum atomic E-state index is -0.0219. The summed E-state index contributed by atoms with van der Waals surface area (Å²) in [5.74, 6) is 0.499. The highest BCUT2D eigenvalue weighted by atomic mass is 16.5. The van der Waals surface area contributed by atoms with Crippen LogP contribution in [0.2, 0.25) is 0 Å². The third kappa shape index (κ3) is 3.63. The molecule has 23 heavy (non-hydrogen) atoms. The third-order valence-electron chi connectivity index (χ3n) is 4.22. The molecule has 0 aliphatic heterocycles. The van der Waals surface area contributed by atoms with Crippen LogP contribution in [0.5, 0.6) is 0 Å². The van der Waals surface area contributed by atoms with E-state index < -0.39 is 0 Å². The smallest absolute Gasteiger partial charge is 0.0626 e. The van der Waals surface area contributed by atoms with Crippen molar-refractivity contribution in [2.24, 2.45) is 5.92 Å². The Morgan fingerprint density at radius 3 is 2.43 bits per heavy atom. The minimum absolute atomic E-state index is 0.0219. The summed E-state index contributed by atoms with van der Waals surface area (Å²) >= 11 is 0. The standard InChI is InChI=1S/C20H24N2O/c1-15(2)12-20(22(23)14-16-8-4-3-5-9-16)18-13-21-19-11-7-6-10-17(18)19/h3-11,13,15,20-21,23H,12,14H2,1-2H3. The average molecular weight is 308 g/mol. The van der Waals surface area contributed by atoms with Crippen LogP contribution >= 0.6 is 0 Å². The molecule has 1 aromatic heterocycles. The van der Waals surface area contributed by atoms with Gasteiger partial charge in [0.2, 0.25) is 0 Å². The SMILES string of the molecule is CC(C)CC(c1c[nH]c2ccccc12)N(O)Cc1ccccc1. The van der Waals surface area contributed by atoms with E-state index in [2.05, 4.69) is 31.0 Å². The molecule has 3 rings (SSSR count). The van der Waals surface area contributed by atoms with Gasteiger partial charge < -0.3 is 10.2 Å². The predicted octanol–water partition coefficient (Wildman–Crippen LogP) is 5.15. The van der Waals surface area contributed by atoms with Crippen LogP contribution in [0.4, 0.5) is 0 Å². The van der Waals surface area contributed by atoms with Crippen molar-refractivity contribution >= 4 is 10.9 Å². The second-order valence-electron chi connectivity index (χ2n) is 6.52. The molecule has 0 fully saturated rings. The zero-order chi connectivity index (χ0) is 16.2. The molecule has 0 radical (unpaired) electrons. The highest BCUT2D eigenvalue weighted by molar-refractivity contribution is 5.83. The highest BCUT2D eigenvalue weighted by Crippen LogP contribution is 2.32. The first-order valence-corrected chi connectivity index (χ1v) is 8.20. The highest BCUT2D eigenvalue weighted by Gasteiger charge is 2.23. The predicted molar refractivity (Wildman–Crippen MR) is 94.3 cm³/mol. The van der Waals surface area contributed by atoms with E-state index in [4.69, 9.17) is 0 Å². The number of para-hydroxylation sites is 1. The maximum Gasteiger partial charge on any atom is 0.0626 e. The van der Waals surface area contributed by atoms with Gasteiger partial charge in [-0.3, -0.25) is 0 Å². The Balaban J connectivity index is 1.91. The first kappa shape index (κ1) is 15.8. The van der Waals surface area contributed by atoms with E-state index in [9.17, 15) is 5.21 Å². The lowest BCUT2D eigenvalue weighted by Crippen LogP contribution is -2.26. The second-order valence-corrected chi connectivity index (χ2v) is 6.52.